The van der Waals surface area contributed by atoms with Gasteiger partial charge < -0.3 is 9.84 Å². The highest BCUT2D eigenvalue weighted by atomic mass is 16.5. The van der Waals surface area contributed by atoms with Crippen LogP contribution in [-0.2, 0) is 4.74 Å². The van der Waals surface area contributed by atoms with E-state index < -0.39 is 0 Å². The highest BCUT2D eigenvalue weighted by molar-refractivity contribution is 4.84. The molecule has 0 aromatic heterocycles. The lowest BCUT2D eigenvalue weighted by atomic mass is 10.1. The van der Waals surface area contributed by atoms with E-state index in [2.05, 4.69) is 18.7 Å². The molecule has 0 spiro atoms. The summed E-state index contributed by atoms with van der Waals surface area (Å²) in [6.07, 6.45) is 2.17. The van der Waals surface area contributed by atoms with E-state index in [1.165, 1.54) is 5.92 Å². The van der Waals surface area contributed by atoms with Crippen molar-refractivity contribution in [3.8, 4) is 0 Å². The van der Waals surface area contributed by atoms with Gasteiger partial charge in [0.1, 0.15) is 0 Å². The predicted octanol–water partition coefficient (Wildman–Crippen LogP) is 1.07. The lowest BCUT2D eigenvalue weighted by Gasteiger charge is -2.33. The molecule has 83 valence electrons. The molecule has 0 saturated carbocycles. The van der Waals surface area contributed by atoms with E-state index in [1.807, 2.05) is 0 Å². The van der Waals surface area contributed by atoms with E-state index in [9.17, 15) is 0 Å². The van der Waals surface area contributed by atoms with Gasteiger partial charge in [-0.1, -0.05) is 13.8 Å². The maximum Gasteiger partial charge on any atom is 0.0703 e. The Morgan fingerprint density at radius 1 is 1.50 bits per heavy atom. The minimum Gasteiger partial charge on any atom is -0.396 e. The quantitative estimate of drug-likeness (QED) is 0.720. The maximum atomic E-state index is 8.73. The van der Waals surface area contributed by atoms with Crippen LogP contribution in [0.5, 0.6) is 0 Å². The summed E-state index contributed by atoms with van der Waals surface area (Å²) in [7, 11) is 0. The van der Waals surface area contributed by atoms with E-state index in [-0.39, 0.29) is 6.61 Å². The minimum atomic E-state index is 0.277. The van der Waals surface area contributed by atoms with Crippen LogP contribution >= 0.6 is 0 Å². The summed E-state index contributed by atoms with van der Waals surface area (Å²) >= 11 is 0. The predicted molar refractivity (Wildman–Crippen MR) is 57.1 cm³/mol. The van der Waals surface area contributed by atoms with Crippen molar-refractivity contribution in [3.05, 3.63) is 5.92 Å². The Balaban J connectivity index is 2.21. The topological polar surface area (TPSA) is 32.7 Å². The number of ether oxygens (including phenoxy) is 1. The first-order valence-corrected chi connectivity index (χ1v) is 5.46. The summed E-state index contributed by atoms with van der Waals surface area (Å²) in [5, 5.41) is 8.73. The fraction of sp³-hybridized carbons (Fsp3) is 0.909. The van der Waals surface area contributed by atoms with Gasteiger partial charge in [-0.15, -0.1) is 0 Å². The molecule has 0 amide bonds. The van der Waals surface area contributed by atoms with Gasteiger partial charge in [-0.05, 0) is 18.8 Å². The number of hydrogen-bond acceptors (Lipinski definition) is 3. The van der Waals surface area contributed by atoms with Crippen molar-refractivity contribution in [1.82, 2.24) is 4.90 Å². The van der Waals surface area contributed by atoms with Crippen molar-refractivity contribution < 1.29 is 9.84 Å². The van der Waals surface area contributed by atoms with Gasteiger partial charge in [-0.2, -0.15) is 0 Å². The summed E-state index contributed by atoms with van der Waals surface area (Å²) in [5.74, 6) is 1.45. The molecule has 1 atom stereocenters. The van der Waals surface area contributed by atoms with E-state index in [4.69, 9.17) is 9.84 Å². The Morgan fingerprint density at radius 3 is 2.93 bits per heavy atom. The zero-order chi connectivity index (χ0) is 10.4. The zero-order valence-electron chi connectivity index (χ0n) is 9.33. The van der Waals surface area contributed by atoms with Crippen molar-refractivity contribution in [2.45, 2.75) is 32.8 Å². The van der Waals surface area contributed by atoms with Gasteiger partial charge in [0.25, 0.3) is 0 Å². The first kappa shape index (κ1) is 12.0. The van der Waals surface area contributed by atoms with Crippen molar-refractivity contribution in [2.75, 3.05) is 32.8 Å². The molecule has 0 aliphatic carbocycles. The number of rotatable bonds is 5. The van der Waals surface area contributed by atoms with Crippen molar-refractivity contribution in [1.29, 1.82) is 0 Å². The first-order chi connectivity index (χ1) is 6.72. The summed E-state index contributed by atoms with van der Waals surface area (Å²) in [5.41, 5.74) is 0. The summed E-state index contributed by atoms with van der Waals surface area (Å²) < 4.78 is 5.63. The van der Waals surface area contributed by atoms with Gasteiger partial charge in [0.2, 0.25) is 0 Å². The Morgan fingerprint density at radius 2 is 2.29 bits per heavy atom. The third-order valence-electron chi connectivity index (χ3n) is 2.45. The number of hydrogen-bond donors (Lipinski definition) is 1. The fourth-order valence-electron chi connectivity index (χ4n) is 1.86. The smallest absolute Gasteiger partial charge is 0.0703 e. The SMILES string of the molecule is C[C](C)CN1CCO[C@H](CCCO)C1. The first-order valence-electron chi connectivity index (χ1n) is 5.46. The summed E-state index contributed by atoms with van der Waals surface area (Å²) in [4.78, 5) is 2.43. The minimum absolute atomic E-state index is 0.277. The number of morpholine rings is 1. The fourth-order valence-corrected chi connectivity index (χ4v) is 1.86. The normalized spacial score (nSPS) is 24.4. The largest absolute Gasteiger partial charge is 0.396 e. The molecule has 1 saturated heterocycles. The molecule has 1 fully saturated rings. The molecule has 1 heterocycles. The number of aliphatic hydroxyl groups is 1. The molecule has 0 aromatic carbocycles. The molecule has 3 heteroatoms. The van der Waals surface area contributed by atoms with Gasteiger partial charge in [-0.3, -0.25) is 4.90 Å². The maximum absolute atomic E-state index is 8.73. The number of aliphatic hydroxyl groups excluding tert-OH is 1. The highest BCUT2D eigenvalue weighted by Gasteiger charge is 2.20. The van der Waals surface area contributed by atoms with Crippen LogP contribution in [-0.4, -0.2) is 49.0 Å². The van der Waals surface area contributed by atoms with Crippen LogP contribution in [0.25, 0.3) is 0 Å². The summed E-state index contributed by atoms with van der Waals surface area (Å²) in [6, 6.07) is 0. The van der Waals surface area contributed by atoms with E-state index in [0.29, 0.717) is 6.10 Å². The molecule has 1 aliphatic heterocycles. The van der Waals surface area contributed by atoms with Crippen LogP contribution in [0.4, 0.5) is 0 Å². The van der Waals surface area contributed by atoms with Gasteiger partial charge in [0.15, 0.2) is 0 Å². The van der Waals surface area contributed by atoms with E-state index in [0.717, 1.165) is 39.1 Å². The molecule has 1 rings (SSSR count). The molecule has 1 aliphatic rings. The molecule has 0 bridgehead atoms. The Labute approximate surface area is 87.1 Å². The molecule has 3 nitrogen and oxygen atoms in total. The lowest BCUT2D eigenvalue weighted by molar-refractivity contribution is -0.0326. The average molecular weight is 200 g/mol. The second-order valence-corrected chi connectivity index (χ2v) is 4.30. The summed E-state index contributed by atoms with van der Waals surface area (Å²) in [6.45, 7) is 8.59. The molecule has 1 radical (unpaired) electrons. The second-order valence-electron chi connectivity index (χ2n) is 4.30. The van der Waals surface area contributed by atoms with Gasteiger partial charge in [-0.25, -0.2) is 0 Å². The molecule has 1 N–H and O–H groups in total. The monoisotopic (exact) mass is 200 g/mol. The third kappa shape index (κ3) is 4.40. The molecule has 0 aromatic rings. The van der Waals surface area contributed by atoms with Gasteiger partial charge in [0, 0.05) is 26.2 Å². The van der Waals surface area contributed by atoms with Crippen LogP contribution in [0.3, 0.4) is 0 Å². The Kier molecular flexibility index (Phi) is 5.45. The third-order valence-corrected chi connectivity index (χ3v) is 2.45. The number of nitrogens with zero attached hydrogens (tertiary/aromatic N) is 1. The van der Waals surface area contributed by atoms with Crippen LogP contribution < -0.4 is 0 Å². The van der Waals surface area contributed by atoms with E-state index >= 15 is 0 Å². The van der Waals surface area contributed by atoms with Crippen molar-refractivity contribution in [2.24, 2.45) is 0 Å². The molecular weight excluding hydrogens is 178 g/mol. The highest BCUT2D eigenvalue weighted by Crippen LogP contribution is 2.12. The lowest BCUT2D eigenvalue weighted by Crippen LogP contribution is -2.43. The second kappa shape index (κ2) is 6.38. The Bertz CT molecular complexity index is 150. The Hall–Kier alpha value is -0.120. The molecule has 14 heavy (non-hydrogen) atoms. The van der Waals surface area contributed by atoms with Gasteiger partial charge in [0.05, 0.1) is 12.7 Å². The molecular formula is C11H22NO2. The molecule has 0 unspecified atom stereocenters. The van der Waals surface area contributed by atoms with Crippen LogP contribution in [0.15, 0.2) is 0 Å². The van der Waals surface area contributed by atoms with Crippen molar-refractivity contribution >= 4 is 0 Å². The van der Waals surface area contributed by atoms with Crippen LogP contribution in [0.1, 0.15) is 26.7 Å². The van der Waals surface area contributed by atoms with Crippen LogP contribution in [0.2, 0.25) is 0 Å². The van der Waals surface area contributed by atoms with E-state index in [1.54, 1.807) is 0 Å². The van der Waals surface area contributed by atoms with Crippen molar-refractivity contribution in [3.63, 3.8) is 0 Å². The van der Waals surface area contributed by atoms with Crippen LogP contribution in [0, 0.1) is 5.92 Å². The zero-order valence-corrected chi connectivity index (χ0v) is 9.33. The van der Waals surface area contributed by atoms with Gasteiger partial charge >= 0.3 is 0 Å². The standard InChI is InChI=1S/C11H22NO2/c1-10(2)8-12-5-7-14-11(9-12)4-3-6-13/h11,13H,3-9H2,1-2H3/t11-/m1/s1. The average Bonchev–Trinajstić information content (AvgIpc) is 2.14.